The molecule has 2 aromatic heterocycles. The van der Waals surface area contributed by atoms with Crippen LogP contribution in [0.15, 0.2) is 41.7 Å². The number of nitrogens with zero attached hydrogens (tertiary/aromatic N) is 3. The van der Waals surface area contributed by atoms with E-state index < -0.39 is 0 Å². The number of H-pyrrole nitrogens is 1. The van der Waals surface area contributed by atoms with Crippen LogP contribution in [0.1, 0.15) is 29.5 Å². The van der Waals surface area contributed by atoms with Gasteiger partial charge in [0, 0.05) is 30.0 Å². The molecule has 4 heterocycles. The van der Waals surface area contributed by atoms with Gasteiger partial charge in [0.25, 0.3) is 0 Å². The first kappa shape index (κ1) is 14.6. The Hall–Kier alpha value is -2.73. The van der Waals surface area contributed by atoms with E-state index in [1.807, 2.05) is 24.5 Å². The monoisotopic (exact) mass is 334 g/mol. The number of pyridine rings is 1. The van der Waals surface area contributed by atoms with E-state index in [4.69, 9.17) is 14.5 Å². The summed E-state index contributed by atoms with van der Waals surface area (Å²) in [6.07, 6.45) is 5.60. The first-order valence-electron chi connectivity index (χ1n) is 8.59. The van der Waals surface area contributed by atoms with Crippen LogP contribution >= 0.6 is 0 Å². The summed E-state index contributed by atoms with van der Waals surface area (Å²) in [4.78, 5) is 9.27. The van der Waals surface area contributed by atoms with Crippen molar-refractivity contribution in [2.45, 2.75) is 25.5 Å². The molecular formula is C19H18N4O2. The summed E-state index contributed by atoms with van der Waals surface area (Å²) >= 11 is 0. The van der Waals surface area contributed by atoms with Crippen molar-refractivity contribution in [1.29, 1.82) is 0 Å². The minimum atomic E-state index is 0.158. The van der Waals surface area contributed by atoms with Crippen LogP contribution in [0.3, 0.4) is 0 Å². The van der Waals surface area contributed by atoms with Gasteiger partial charge in [-0.05, 0) is 23.8 Å². The summed E-state index contributed by atoms with van der Waals surface area (Å²) < 4.78 is 11.7. The molecule has 2 aliphatic rings. The Morgan fingerprint density at radius 3 is 3.00 bits per heavy atom. The number of hydrogen-bond acceptors (Lipinski definition) is 5. The van der Waals surface area contributed by atoms with Gasteiger partial charge in [-0.25, -0.2) is 4.98 Å². The van der Waals surface area contributed by atoms with Crippen LogP contribution in [0.2, 0.25) is 0 Å². The SMILES string of the molecule is c1cc2c(c(OC3CCOCC3)n1)C(c1ccc3[nH]ncc3c1)=NC2. The molecule has 0 saturated carbocycles. The number of ether oxygens (including phenoxy) is 2. The highest BCUT2D eigenvalue weighted by molar-refractivity contribution is 6.17. The largest absolute Gasteiger partial charge is 0.474 e. The maximum absolute atomic E-state index is 6.23. The molecule has 6 heteroatoms. The Morgan fingerprint density at radius 2 is 2.08 bits per heavy atom. The van der Waals surface area contributed by atoms with Gasteiger partial charge < -0.3 is 9.47 Å². The molecule has 1 saturated heterocycles. The zero-order chi connectivity index (χ0) is 16.6. The molecule has 5 rings (SSSR count). The van der Waals surface area contributed by atoms with E-state index in [-0.39, 0.29) is 6.10 Å². The van der Waals surface area contributed by atoms with Gasteiger partial charge in [-0.15, -0.1) is 0 Å². The summed E-state index contributed by atoms with van der Waals surface area (Å²) in [5.74, 6) is 0.688. The van der Waals surface area contributed by atoms with E-state index >= 15 is 0 Å². The summed E-state index contributed by atoms with van der Waals surface area (Å²) in [6.45, 7) is 2.16. The van der Waals surface area contributed by atoms with Crippen LogP contribution in [0.25, 0.3) is 10.9 Å². The highest BCUT2D eigenvalue weighted by atomic mass is 16.5. The summed E-state index contributed by atoms with van der Waals surface area (Å²) in [6, 6.07) is 8.24. The molecule has 1 fully saturated rings. The fourth-order valence-electron chi connectivity index (χ4n) is 3.48. The van der Waals surface area contributed by atoms with E-state index in [0.717, 1.165) is 53.8 Å². The van der Waals surface area contributed by atoms with Gasteiger partial charge in [-0.1, -0.05) is 6.07 Å². The third-order valence-electron chi connectivity index (χ3n) is 4.81. The minimum Gasteiger partial charge on any atom is -0.474 e. The average molecular weight is 334 g/mol. The molecule has 0 bridgehead atoms. The molecule has 1 aromatic carbocycles. The molecule has 3 aromatic rings. The second-order valence-corrected chi connectivity index (χ2v) is 6.42. The molecule has 0 unspecified atom stereocenters. The van der Waals surface area contributed by atoms with E-state index in [1.54, 1.807) is 0 Å². The van der Waals surface area contributed by atoms with Crippen LogP contribution in [-0.2, 0) is 11.3 Å². The van der Waals surface area contributed by atoms with Crippen molar-refractivity contribution in [1.82, 2.24) is 15.2 Å². The lowest BCUT2D eigenvalue weighted by Gasteiger charge is -2.24. The van der Waals surface area contributed by atoms with Crippen molar-refractivity contribution in [3.8, 4) is 5.88 Å². The Labute approximate surface area is 144 Å². The maximum atomic E-state index is 6.23. The molecule has 1 N–H and O–H groups in total. The first-order chi connectivity index (χ1) is 12.4. The van der Waals surface area contributed by atoms with Crippen molar-refractivity contribution in [3.63, 3.8) is 0 Å². The van der Waals surface area contributed by atoms with Crippen LogP contribution in [0.5, 0.6) is 5.88 Å². The molecular weight excluding hydrogens is 316 g/mol. The highest BCUT2D eigenvalue weighted by Gasteiger charge is 2.26. The highest BCUT2D eigenvalue weighted by Crippen LogP contribution is 2.31. The quantitative estimate of drug-likeness (QED) is 0.799. The lowest BCUT2D eigenvalue weighted by molar-refractivity contribution is 0.0236. The number of aromatic amines is 1. The Morgan fingerprint density at radius 1 is 1.16 bits per heavy atom. The smallest absolute Gasteiger partial charge is 0.223 e. The van der Waals surface area contributed by atoms with Gasteiger partial charge >= 0.3 is 0 Å². The van der Waals surface area contributed by atoms with Crippen molar-refractivity contribution >= 4 is 16.6 Å². The Kier molecular flexibility index (Phi) is 3.48. The molecule has 0 aliphatic carbocycles. The Bertz CT molecular complexity index is 957. The first-order valence-corrected chi connectivity index (χ1v) is 8.59. The van der Waals surface area contributed by atoms with Crippen LogP contribution < -0.4 is 4.74 Å². The standard InChI is InChI=1S/C19H18N4O2/c1-2-16-14(11-22-23-16)9-12(1)18-17-13(10-21-18)3-6-20-19(17)25-15-4-7-24-8-5-15/h1-3,6,9,11,15H,4-5,7-8,10H2,(H,22,23). The second kappa shape index (κ2) is 5.97. The van der Waals surface area contributed by atoms with Crippen molar-refractivity contribution in [2.75, 3.05) is 13.2 Å². The molecule has 0 radical (unpaired) electrons. The molecule has 6 nitrogen and oxygen atoms in total. The normalized spacial score (nSPS) is 17.5. The van der Waals surface area contributed by atoms with Gasteiger partial charge in [0.15, 0.2) is 0 Å². The average Bonchev–Trinajstić information content (AvgIpc) is 3.29. The fraction of sp³-hybridized carbons (Fsp3) is 0.316. The van der Waals surface area contributed by atoms with Crippen molar-refractivity contribution in [2.24, 2.45) is 4.99 Å². The zero-order valence-corrected chi connectivity index (χ0v) is 13.7. The van der Waals surface area contributed by atoms with Crippen molar-refractivity contribution in [3.05, 3.63) is 53.3 Å². The Balaban J connectivity index is 1.53. The number of aromatic nitrogens is 3. The minimum absolute atomic E-state index is 0.158. The van der Waals surface area contributed by atoms with Gasteiger partial charge in [0.05, 0.1) is 42.7 Å². The molecule has 0 amide bonds. The van der Waals surface area contributed by atoms with Gasteiger partial charge in [0.1, 0.15) is 6.10 Å². The fourth-order valence-corrected chi connectivity index (χ4v) is 3.48. The van der Waals surface area contributed by atoms with Crippen molar-refractivity contribution < 1.29 is 9.47 Å². The predicted molar refractivity (Wildman–Crippen MR) is 94.1 cm³/mol. The van der Waals surface area contributed by atoms with Gasteiger partial charge in [0.2, 0.25) is 5.88 Å². The van der Waals surface area contributed by atoms with E-state index in [1.165, 1.54) is 5.56 Å². The summed E-state index contributed by atoms with van der Waals surface area (Å²) in [5, 5.41) is 8.15. The number of benzene rings is 1. The maximum Gasteiger partial charge on any atom is 0.223 e. The lowest BCUT2D eigenvalue weighted by Crippen LogP contribution is -2.27. The third-order valence-corrected chi connectivity index (χ3v) is 4.81. The van der Waals surface area contributed by atoms with Crippen LogP contribution in [0.4, 0.5) is 0 Å². The van der Waals surface area contributed by atoms with Gasteiger partial charge in [-0.3, -0.25) is 10.1 Å². The van der Waals surface area contributed by atoms with Crippen LogP contribution in [0, 0.1) is 0 Å². The van der Waals surface area contributed by atoms with E-state index in [2.05, 4.69) is 27.3 Å². The molecule has 126 valence electrons. The summed E-state index contributed by atoms with van der Waals surface area (Å²) in [7, 11) is 0. The zero-order valence-electron chi connectivity index (χ0n) is 13.7. The molecule has 0 spiro atoms. The number of aliphatic imine (C=N–C) groups is 1. The number of rotatable bonds is 3. The summed E-state index contributed by atoms with van der Waals surface area (Å²) in [5.41, 5.74) is 5.23. The molecule has 25 heavy (non-hydrogen) atoms. The number of hydrogen-bond donors (Lipinski definition) is 1. The number of nitrogens with one attached hydrogen (secondary N) is 1. The molecule has 2 aliphatic heterocycles. The predicted octanol–water partition coefficient (Wildman–Crippen LogP) is 2.87. The second-order valence-electron chi connectivity index (χ2n) is 6.42. The number of fused-ring (bicyclic) bond motifs is 2. The molecule has 0 atom stereocenters. The van der Waals surface area contributed by atoms with Crippen LogP contribution in [-0.4, -0.2) is 40.2 Å². The third kappa shape index (κ3) is 2.59. The van der Waals surface area contributed by atoms with E-state index in [0.29, 0.717) is 12.4 Å². The van der Waals surface area contributed by atoms with E-state index in [9.17, 15) is 0 Å². The topological polar surface area (TPSA) is 72.4 Å². The lowest BCUT2D eigenvalue weighted by atomic mass is 10.0. The van der Waals surface area contributed by atoms with Gasteiger partial charge in [-0.2, -0.15) is 5.10 Å².